The van der Waals surface area contributed by atoms with Gasteiger partial charge in [0.2, 0.25) is 5.91 Å². The van der Waals surface area contributed by atoms with Crippen molar-refractivity contribution in [2.24, 2.45) is 0 Å². The third-order valence-corrected chi connectivity index (χ3v) is 3.99. The van der Waals surface area contributed by atoms with Gasteiger partial charge >= 0.3 is 5.69 Å². The number of amides is 1. The Morgan fingerprint density at radius 2 is 2.05 bits per heavy atom. The van der Waals surface area contributed by atoms with E-state index in [2.05, 4.69) is 10.2 Å². The van der Waals surface area contributed by atoms with E-state index in [4.69, 9.17) is 4.74 Å². The van der Waals surface area contributed by atoms with Gasteiger partial charge in [0.25, 0.3) is 0 Å². The van der Waals surface area contributed by atoms with E-state index in [1.54, 1.807) is 23.6 Å². The lowest BCUT2D eigenvalue weighted by Gasteiger charge is -2.11. The number of ether oxygens (including phenoxy) is 1. The maximum atomic E-state index is 12.0. The maximum Gasteiger partial charge on any atom is 0.343 e. The van der Waals surface area contributed by atoms with Crippen molar-refractivity contribution in [1.29, 1.82) is 0 Å². The lowest BCUT2D eigenvalue weighted by Crippen LogP contribution is -2.22. The number of methoxy groups -OCH3 is 1. The lowest BCUT2D eigenvalue weighted by atomic mass is 10.1. The first kappa shape index (κ1) is 14.4. The molecule has 0 aliphatic carbocycles. The summed E-state index contributed by atoms with van der Waals surface area (Å²) in [5.74, 6) is 1.44. The van der Waals surface area contributed by atoms with Crippen LogP contribution < -0.4 is 10.4 Å². The Labute approximate surface area is 127 Å². The number of hydrogen-bond donors (Lipinski definition) is 1. The minimum Gasteiger partial charge on any atom is -0.497 e. The number of carbonyl (C=O) groups excluding carboxylic acids is 1. The first-order valence-electron chi connectivity index (χ1n) is 7.10. The minimum atomic E-state index is -0.257. The summed E-state index contributed by atoms with van der Waals surface area (Å²) in [6.07, 6.45) is 0.392. The molecule has 1 aliphatic rings. The summed E-state index contributed by atoms with van der Waals surface area (Å²) in [6, 6.07) is 7.53. The van der Waals surface area contributed by atoms with Gasteiger partial charge in [0.1, 0.15) is 11.6 Å². The third kappa shape index (κ3) is 2.61. The topological polar surface area (TPSA) is 80.2 Å². The van der Waals surface area contributed by atoms with Crippen LogP contribution >= 0.6 is 0 Å². The van der Waals surface area contributed by atoms with Crippen LogP contribution in [0.5, 0.6) is 5.75 Å². The number of likely N-dealkylation sites (tertiary alicyclic amines) is 1. The Bertz CT molecular complexity index is 732. The van der Waals surface area contributed by atoms with Crippen molar-refractivity contribution in [2.45, 2.75) is 18.9 Å². The van der Waals surface area contributed by atoms with Gasteiger partial charge in [-0.1, -0.05) is 12.1 Å². The highest BCUT2D eigenvalue weighted by Crippen LogP contribution is 2.25. The van der Waals surface area contributed by atoms with E-state index in [0.29, 0.717) is 25.3 Å². The Morgan fingerprint density at radius 1 is 1.32 bits per heavy atom. The number of rotatable bonds is 4. The molecule has 1 amide bonds. The fourth-order valence-corrected chi connectivity index (χ4v) is 2.74. The summed E-state index contributed by atoms with van der Waals surface area (Å²) < 4.78 is 6.72. The predicted molar refractivity (Wildman–Crippen MR) is 79.9 cm³/mol. The van der Waals surface area contributed by atoms with Crippen molar-refractivity contribution in [1.82, 2.24) is 19.7 Å². The fraction of sp³-hybridized carbons (Fsp3) is 0.400. The van der Waals surface area contributed by atoms with Gasteiger partial charge in [-0.2, -0.15) is 5.10 Å². The highest BCUT2D eigenvalue weighted by molar-refractivity contribution is 5.79. The lowest BCUT2D eigenvalue weighted by molar-refractivity contribution is -0.126. The molecule has 0 saturated carbocycles. The Kier molecular flexibility index (Phi) is 3.70. The van der Waals surface area contributed by atoms with Gasteiger partial charge in [-0.25, -0.2) is 9.89 Å². The van der Waals surface area contributed by atoms with Crippen molar-refractivity contribution in [3.8, 4) is 5.75 Å². The van der Waals surface area contributed by atoms with E-state index in [9.17, 15) is 9.59 Å². The van der Waals surface area contributed by atoms with E-state index < -0.39 is 0 Å². The van der Waals surface area contributed by atoms with Crippen LogP contribution in [-0.2, 0) is 11.3 Å². The summed E-state index contributed by atoms with van der Waals surface area (Å²) in [6.45, 7) is 1.01. The monoisotopic (exact) mass is 302 g/mol. The smallest absolute Gasteiger partial charge is 0.343 e. The SMILES string of the molecule is COc1ccc(Cn2c(C3CC(=O)N(C)C3)n[nH]c2=O)cc1. The molecule has 1 aromatic carbocycles. The van der Waals surface area contributed by atoms with Gasteiger partial charge in [0, 0.05) is 25.9 Å². The van der Waals surface area contributed by atoms with Gasteiger partial charge in [0.15, 0.2) is 0 Å². The second-order valence-corrected chi connectivity index (χ2v) is 5.50. The Morgan fingerprint density at radius 3 is 2.64 bits per heavy atom. The largest absolute Gasteiger partial charge is 0.497 e. The molecule has 1 unspecified atom stereocenters. The minimum absolute atomic E-state index is 0.0466. The average molecular weight is 302 g/mol. The van der Waals surface area contributed by atoms with E-state index in [0.717, 1.165) is 11.3 Å². The molecule has 0 spiro atoms. The number of aromatic amines is 1. The van der Waals surface area contributed by atoms with Crippen LogP contribution in [0, 0.1) is 0 Å². The molecular formula is C15H18N4O3. The van der Waals surface area contributed by atoms with Crippen molar-refractivity contribution < 1.29 is 9.53 Å². The number of benzene rings is 1. The predicted octanol–water partition coefficient (Wildman–Crippen LogP) is 0.574. The van der Waals surface area contributed by atoms with Gasteiger partial charge in [-0.15, -0.1) is 0 Å². The van der Waals surface area contributed by atoms with Crippen LogP contribution in [0.25, 0.3) is 0 Å². The van der Waals surface area contributed by atoms with Gasteiger partial charge < -0.3 is 9.64 Å². The third-order valence-electron chi connectivity index (χ3n) is 3.99. The number of H-pyrrole nitrogens is 1. The molecule has 7 heteroatoms. The number of nitrogens with one attached hydrogen (secondary N) is 1. The summed E-state index contributed by atoms with van der Waals surface area (Å²) in [4.78, 5) is 25.4. The molecule has 7 nitrogen and oxygen atoms in total. The van der Waals surface area contributed by atoms with Gasteiger partial charge in [0.05, 0.1) is 13.7 Å². The summed E-state index contributed by atoms with van der Waals surface area (Å²) >= 11 is 0. The maximum absolute atomic E-state index is 12.0. The zero-order valence-corrected chi connectivity index (χ0v) is 12.6. The number of nitrogens with zero attached hydrogens (tertiary/aromatic N) is 3. The zero-order chi connectivity index (χ0) is 15.7. The number of carbonyl (C=O) groups is 1. The molecule has 1 N–H and O–H groups in total. The number of aromatic nitrogens is 3. The quantitative estimate of drug-likeness (QED) is 0.895. The zero-order valence-electron chi connectivity index (χ0n) is 12.6. The highest BCUT2D eigenvalue weighted by atomic mass is 16.5. The molecule has 1 fully saturated rings. The molecule has 2 heterocycles. The van der Waals surface area contributed by atoms with Gasteiger partial charge in [-0.3, -0.25) is 9.36 Å². The Hall–Kier alpha value is -2.57. The molecule has 22 heavy (non-hydrogen) atoms. The van der Waals surface area contributed by atoms with Crippen molar-refractivity contribution >= 4 is 5.91 Å². The van der Waals surface area contributed by atoms with Crippen LogP contribution in [0.3, 0.4) is 0 Å². The number of hydrogen-bond acceptors (Lipinski definition) is 4. The average Bonchev–Trinajstić information content (AvgIpc) is 3.04. The van der Waals surface area contributed by atoms with Crippen LogP contribution in [0.15, 0.2) is 29.1 Å². The van der Waals surface area contributed by atoms with Gasteiger partial charge in [-0.05, 0) is 17.7 Å². The van der Waals surface area contributed by atoms with E-state index in [-0.39, 0.29) is 17.5 Å². The van der Waals surface area contributed by atoms with Crippen LogP contribution in [0.2, 0.25) is 0 Å². The van der Waals surface area contributed by atoms with Crippen LogP contribution in [-0.4, -0.2) is 46.3 Å². The molecule has 0 bridgehead atoms. The number of likely N-dealkylation sites (N-methyl/N-ethyl adjacent to an activating group) is 1. The molecule has 3 rings (SSSR count). The molecule has 0 radical (unpaired) electrons. The first-order chi connectivity index (χ1) is 10.6. The highest BCUT2D eigenvalue weighted by Gasteiger charge is 2.31. The normalized spacial score (nSPS) is 18.0. The molecular weight excluding hydrogens is 284 g/mol. The second-order valence-electron chi connectivity index (χ2n) is 5.50. The molecule has 1 aromatic heterocycles. The molecule has 2 aromatic rings. The van der Waals surface area contributed by atoms with Crippen LogP contribution in [0.4, 0.5) is 0 Å². The summed E-state index contributed by atoms with van der Waals surface area (Å²) in [5, 5.41) is 6.61. The Balaban J connectivity index is 1.86. The molecule has 1 saturated heterocycles. The fourth-order valence-electron chi connectivity index (χ4n) is 2.74. The first-order valence-corrected chi connectivity index (χ1v) is 7.10. The summed E-state index contributed by atoms with van der Waals surface area (Å²) in [5.41, 5.74) is 0.719. The molecule has 1 aliphatic heterocycles. The standard InChI is InChI=1S/C15H18N4O3/c1-18-9-11(7-13(18)20)14-16-17-15(21)19(14)8-10-3-5-12(22-2)6-4-10/h3-6,11H,7-9H2,1-2H3,(H,17,21). The van der Waals surface area contributed by atoms with E-state index in [1.165, 1.54) is 0 Å². The molecule has 116 valence electrons. The van der Waals surface area contributed by atoms with Crippen molar-refractivity contribution in [3.63, 3.8) is 0 Å². The van der Waals surface area contributed by atoms with E-state index in [1.807, 2.05) is 24.3 Å². The van der Waals surface area contributed by atoms with Crippen molar-refractivity contribution in [2.75, 3.05) is 20.7 Å². The second kappa shape index (κ2) is 5.67. The van der Waals surface area contributed by atoms with Crippen LogP contribution in [0.1, 0.15) is 23.7 Å². The summed E-state index contributed by atoms with van der Waals surface area (Å²) in [7, 11) is 3.38. The molecule has 1 atom stereocenters. The van der Waals surface area contributed by atoms with Crippen molar-refractivity contribution in [3.05, 3.63) is 46.1 Å². The van der Waals surface area contributed by atoms with E-state index >= 15 is 0 Å².